The van der Waals surface area contributed by atoms with Crippen LogP contribution in [0.3, 0.4) is 0 Å². The Labute approximate surface area is 145 Å². The summed E-state index contributed by atoms with van der Waals surface area (Å²) in [6.45, 7) is 0. The minimum atomic E-state index is -0.184. The molecule has 1 fully saturated rings. The van der Waals surface area contributed by atoms with Crippen LogP contribution in [-0.4, -0.2) is 28.1 Å². The van der Waals surface area contributed by atoms with Crippen LogP contribution in [0.4, 0.5) is 0 Å². The third-order valence-corrected chi connectivity index (χ3v) is 4.13. The Balaban J connectivity index is 1.62. The first-order valence-corrected chi connectivity index (χ1v) is 7.95. The van der Waals surface area contributed by atoms with Crippen LogP contribution in [0.2, 0.25) is 0 Å². The molecule has 1 aromatic carbocycles. The van der Waals surface area contributed by atoms with E-state index in [9.17, 15) is 4.79 Å². The van der Waals surface area contributed by atoms with Gasteiger partial charge in [-0.2, -0.15) is 5.26 Å². The number of aliphatic imine (C=N–C) groups is 1. The molecule has 1 saturated carbocycles. The first-order chi connectivity index (χ1) is 11.7. The average Bonchev–Trinajstić information content (AvgIpc) is 2.60. The number of rotatable bonds is 4. The van der Waals surface area contributed by atoms with Gasteiger partial charge in [0.05, 0.1) is 22.8 Å². The number of nitriles is 1. The zero-order valence-corrected chi connectivity index (χ0v) is 13.6. The maximum absolute atomic E-state index is 12.2. The number of hydrogen-bond donors (Lipinski definition) is 1. The monoisotopic (exact) mass is 334 g/mol. The molecule has 0 bridgehead atoms. The number of benzene rings is 1. The fourth-order valence-electron chi connectivity index (χ4n) is 2.58. The number of nitrogens with zero attached hydrogens (tertiary/aromatic N) is 3. The van der Waals surface area contributed by atoms with Gasteiger partial charge in [-0.25, -0.2) is 4.99 Å². The Morgan fingerprint density at radius 1 is 1.21 bits per heavy atom. The lowest BCUT2D eigenvalue weighted by Gasteiger charge is -2.32. The van der Waals surface area contributed by atoms with Crippen LogP contribution in [0, 0.1) is 11.3 Å². The summed E-state index contributed by atoms with van der Waals surface area (Å²) in [7, 11) is 0. The van der Waals surface area contributed by atoms with E-state index in [-0.39, 0.29) is 18.0 Å². The van der Waals surface area contributed by atoms with Crippen LogP contribution in [0.15, 0.2) is 47.6 Å². The Morgan fingerprint density at radius 2 is 1.92 bits per heavy atom. The second kappa shape index (κ2) is 7.14. The zero-order valence-electron chi connectivity index (χ0n) is 12.8. The molecule has 118 valence electrons. The Hall–Kier alpha value is -2.87. The Kier molecular flexibility index (Phi) is 4.76. The molecule has 1 aliphatic carbocycles. The van der Waals surface area contributed by atoms with Gasteiger partial charge in [0.1, 0.15) is 5.69 Å². The van der Waals surface area contributed by atoms with E-state index >= 15 is 0 Å². The highest BCUT2D eigenvalue weighted by Crippen LogP contribution is 2.23. The molecule has 0 radical (unpaired) electrons. The maximum Gasteiger partial charge on any atom is 0.270 e. The van der Waals surface area contributed by atoms with Gasteiger partial charge in [0.15, 0.2) is 0 Å². The molecule has 6 heteroatoms. The van der Waals surface area contributed by atoms with E-state index in [2.05, 4.69) is 38.7 Å². The number of carbonyl (C=O) groups excluding carboxylic acids is 1. The SMILES string of the molecule is N#Cc1ccc(-c2ccc(C(=O)N[C@H]3C[C@@H](N=C=S)C3)nc2)cc1. The van der Waals surface area contributed by atoms with E-state index in [4.69, 9.17) is 5.26 Å². The third kappa shape index (κ3) is 3.54. The molecule has 1 heterocycles. The first-order valence-electron chi connectivity index (χ1n) is 7.54. The number of isothiocyanates is 1. The zero-order chi connectivity index (χ0) is 16.9. The smallest absolute Gasteiger partial charge is 0.270 e. The topological polar surface area (TPSA) is 78.1 Å². The summed E-state index contributed by atoms with van der Waals surface area (Å²) in [4.78, 5) is 20.4. The summed E-state index contributed by atoms with van der Waals surface area (Å²) in [6, 6.07) is 13.2. The van der Waals surface area contributed by atoms with Gasteiger partial charge in [-0.3, -0.25) is 9.78 Å². The lowest BCUT2D eigenvalue weighted by atomic mass is 9.87. The predicted octanol–water partition coefficient (Wildman–Crippen LogP) is 2.98. The molecule has 3 rings (SSSR count). The van der Waals surface area contributed by atoms with E-state index < -0.39 is 0 Å². The minimum Gasteiger partial charge on any atom is -0.348 e. The molecular weight excluding hydrogens is 320 g/mol. The molecular formula is C18H14N4OS. The number of amides is 1. The van der Waals surface area contributed by atoms with Gasteiger partial charge in [0, 0.05) is 17.8 Å². The fraction of sp³-hybridized carbons (Fsp3) is 0.222. The number of nitrogens with one attached hydrogen (secondary N) is 1. The molecule has 0 saturated heterocycles. The summed E-state index contributed by atoms with van der Waals surface area (Å²) in [5, 5.41) is 14.1. The summed E-state index contributed by atoms with van der Waals surface area (Å²) in [5.41, 5.74) is 2.84. The van der Waals surface area contributed by atoms with E-state index in [1.165, 1.54) is 0 Å². The van der Waals surface area contributed by atoms with Gasteiger partial charge in [-0.15, -0.1) is 0 Å². The van der Waals surface area contributed by atoms with Gasteiger partial charge in [0.25, 0.3) is 5.91 Å². The summed E-state index contributed by atoms with van der Waals surface area (Å²) >= 11 is 4.57. The number of carbonyl (C=O) groups is 1. The van der Waals surface area contributed by atoms with Crippen LogP contribution in [0.1, 0.15) is 28.9 Å². The third-order valence-electron chi connectivity index (χ3n) is 4.03. The molecule has 0 spiro atoms. The first kappa shape index (κ1) is 16.0. The maximum atomic E-state index is 12.2. The van der Waals surface area contributed by atoms with Crippen LogP contribution >= 0.6 is 12.2 Å². The quantitative estimate of drug-likeness (QED) is 0.689. The summed E-state index contributed by atoms with van der Waals surface area (Å²) in [5.74, 6) is -0.184. The number of hydrogen-bond acceptors (Lipinski definition) is 5. The lowest BCUT2D eigenvalue weighted by Crippen LogP contribution is -2.46. The van der Waals surface area contributed by atoms with Crippen LogP contribution in [0.25, 0.3) is 11.1 Å². The highest BCUT2D eigenvalue weighted by Gasteiger charge is 2.30. The molecule has 1 aromatic heterocycles. The van der Waals surface area contributed by atoms with Gasteiger partial charge in [-0.05, 0) is 48.8 Å². The Bertz CT molecular complexity index is 827. The van der Waals surface area contributed by atoms with Crippen LogP contribution in [-0.2, 0) is 0 Å². The molecule has 1 aliphatic rings. The average molecular weight is 334 g/mol. The molecule has 2 aromatic rings. The van der Waals surface area contributed by atoms with Crippen molar-refractivity contribution in [1.82, 2.24) is 10.3 Å². The molecule has 1 N–H and O–H groups in total. The van der Waals surface area contributed by atoms with Crippen molar-refractivity contribution in [3.8, 4) is 17.2 Å². The number of pyridine rings is 1. The molecule has 1 amide bonds. The number of aromatic nitrogens is 1. The second-order valence-corrected chi connectivity index (χ2v) is 5.82. The van der Waals surface area contributed by atoms with Crippen molar-refractivity contribution in [2.45, 2.75) is 24.9 Å². The summed E-state index contributed by atoms with van der Waals surface area (Å²) < 4.78 is 0. The van der Waals surface area contributed by atoms with E-state index in [1.807, 2.05) is 18.2 Å². The predicted molar refractivity (Wildman–Crippen MR) is 93.7 cm³/mol. The standard InChI is InChI=1S/C18H14N4OS/c19-9-12-1-3-13(4-2-12)14-5-6-17(20-10-14)18(23)22-16-7-15(8-16)21-11-24/h1-6,10,15-16H,7-8H2,(H,22,23)/t15-,16+. The van der Waals surface area contributed by atoms with Crippen molar-refractivity contribution in [2.24, 2.45) is 4.99 Å². The normalized spacial score (nSPS) is 18.6. The van der Waals surface area contributed by atoms with Crippen molar-refractivity contribution in [3.63, 3.8) is 0 Å². The van der Waals surface area contributed by atoms with Crippen LogP contribution < -0.4 is 5.32 Å². The van der Waals surface area contributed by atoms with Gasteiger partial charge < -0.3 is 5.32 Å². The van der Waals surface area contributed by atoms with Crippen molar-refractivity contribution in [1.29, 1.82) is 5.26 Å². The minimum absolute atomic E-state index is 0.120. The highest BCUT2D eigenvalue weighted by molar-refractivity contribution is 7.78. The van der Waals surface area contributed by atoms with Gasteiger partial charge in [0.2, 0.25) is 0 Å². The second-order valence-electron chi connectivity index (χ2n) is 5.64. The molecule has 0 aliphatic heterocycles. The highest BCUT2D eigenvalue weighted by atomic mass is 32.1. The van der Waals surface area contributed by atoms with Gasteiger partial charge in [-0.1, -0.05) is 18.2 Å². The van der Waals surface area contributed by atoms with E-state index in [0.717, 1.165) is 24.0 Å². The number of thiocarbonyl (C=S) groups is 1. The van der Waals surface area contributed by atoms with Crippen molar-refractivity contribution >= 4 is 23.3 Å². The summed E-state index contributed by atoms with van der Waals surface area (Å²) in [6.07, 6.45) is 3.24. The fourth-order valence-corrected chi connectivity index (χ4v) is 2.73. The van der Waals surface area contributed by atoms with Gasteiger partial charge >= 0.3 is 0 Å². The van der Waals surface area contributed by atoms with Crippen molar-refractivity contribution in [3.05, 3.63) is 53.9 Å². The van der Waals surface area contributed by atoms with E-state index in [1.54, 1.807) is 24.4 Å². The Morgan fingerprint density at radius 3 is 2.50 bits per heavy atom. The van der Waals surface area contributed by atoms with Crippen molar-refractivity contribution in [2.75, 3.05) is 0 Å². The van der Waals surface area contributed by atoms with Crippen LogP contribution in [0.5, 0.6) is 0 Å². The molecule has 5 nitrogen and oxygen atoms in total. The van der Waals surface area contributed by atoms with E-state index in [0.29, 0.717) is 11.3 Å². The molecule has 0 atom stereocenters. The molecule has 24 heavy (non-hydrogen) atoms. The molecule has 0 unspecified atom stereocenters. The largest absolute Gasteiger partial charge is 0.348 e. The van der Waals surface area contributed by atoms with Crippen molar-refractivity contribution < 1.29 is 4.79 Å². The lowest BCUT2D eigenvalue weighted by molar-refractivity contribution is 0.0905.